The molecule has 0 saturated carbocycles. The SMILES string of the molecule is CC(C)(C)CCNc1ccc(C(=O)O)cc1F. The molecule has 0 fully saturated rings. The molecule has 94 valence electrons. The number of hydrogen-bond donors (Lipinski definition) is 2. The van der Waals surface area contributed by atoms with Gasteiger partial charge in [-0.3, -0.25) is 0 Å². The lowest BCUT2D eigenvalue weighted by Gasteiger charge is -2.18. The number of carbonyl (C=O) groups is 1. The topological polar surface area (TPSA) is 49.3 Å². The maximum Gasteiger partial charge on any atom is 0.335 e. The van der Waals surface area contributed by atoms with Gasteiger partial charge in [0.05, 0.1) is 11.3 Å². The van der Waals surface area contributed by atoms with Crippen LogP contribution in [0.15, 0.2) is 18.2 Å². The molecule has 1 aromatic rings. The van der Waals surface area contributed by atoms with Crippen molar-refractivity contribution >= 4 is 11.7 Å². The lowest BCUT2D eigenvalue weighted by molar-refractivity contribution is 0.0696. The molecule has 0 aliphatic heterocycles. The van der Waals surface area contributed by atoms with E-state index in [4.69, 9.17) is 5.11 Å². The van der Waals surface area contributed by atoms with Crippen LogP contribution in [0.4, 0.5) is 10.1 Å². The Morgan fingerprint density at radius 2 is 2.06 bits per heavy atom. The highest BCUT2D eigenvalue weighted by atomic mass is 19.1. The summed E-state index contributed by atoms with van der Waals surface area (Å²) in [5.41, 5.74) is 0.493. The summed E-state index contributed by atoms with van der Waals surface area (Å²) in [6, 6.07) is 3.88. The predicted molar refractivity (Wildman–Crippen MR) is 65.9 cm³/mol. The lowest BCUT2D eigenvalue weighted by atomic mass is 9.92. The average Bonchev–Trinajstić information content (AvgIpc) is 2.18. The summed E-state index contributed by atoms with van der Waals surface area (Å²) in [7, 11) is 0. The highest BCUT2D eigenvalue weighted by Gasteiger charge is 2.11. The van der Waals surface area contributed by atoms with E-state index < -0.39 is 11.8 Å². The first kappa shape index (κ1) is 13.5. The van der Waals surface area contributed by atoms with E-state index in [1.807, 2.05) is 0 Å². The van der Waals surface area contributed by atoms with Crippen LogP contribution in [0.1, 0.15) is 37.6 Å². The lowest BCUT2D eigenvalue weighted by Crippen LogP contribution is -2.13. The van der Waals surface area contributed by atoms with Crippen LogP contribution in [0.2, 0.25) is 0 Å². The number of benzene rings is 1. The Morgan fingerprint density at radius 3 is 2.53 bits per heavy atom. The Bertz CT molecular complexity index is 410. The van der Waals surface area contributed by atoms with Crippen LogP contribution in [-0.2, 0) is 0 Å². The number of aromatic carboxylic acids is 1. The minimum Gasteiger partial charge on any atom is -0.478 e. The Labute approximate surface area is 101 Å². The molecular weight excluding hydrogens is 221 g/mol. The number of carboxylic acids is 1. The number of hydrogen-bond acceptors (Lipinski definition) is 2. The van der Waals surface area contributed by atoms with E-state index in [0.717, 1.165) is 12.5 Å². The van der Waals surface area contributed by atoms with E-state index in [2.05, 4.69) is 26.1 Å². The van der Waals surface area contributed by atoms with Gasteiger partial charge < -0.3 is 10.4 Å². The second kappa shape index (κ2) is 5.17. The van der Waals surface area contributed by atoms with Crippen molar-refractivity contribution in [1.82, 2.24) is 0 Å². The summed E-state index contributed by atoms with van der Waals surface area (Å²) in [6.45, 7) is 6.99. The summed E-state index contributed by atoms with van der Waals surface area (Å²) in [4.78, 5) is 10.6. The van der Waals surface area contributed by atoms with Crippen LogP contribution < -0.4 is 5.32 Å². The molecule has 3 nitrogen and oxygen atoms in total. The van der Waals surface area contributed by atoms with Crippen molar-refractivity contribution < 1.29 is 14.3 Å². The van der Waals surface area contributed by atoms with Crippen molar-refractivity contribution in [2.75, 3.05) is 11.9 Å². The Morgan fingerprint density at radius 1 is 1.41 bits per heavy atom. The van der Waals surface area contributed by atoms with Gasteiger partial charge in [0, 0.05) is 6.54 Å². The molecule has 1 rings (SSSR count). The van der Waals surface area contributed by atoms with Gasteiger partial charge in [0.15, 0.2) is 0 Å². The highest BCUT2D eigenvalue weighted by molar-refractivity contribution is 5.88. The van der Waals surface area contributed by atoms with Gasteiger partial charge in [-0.1, -0.05) is 20.8 Å². The van der Waals surface area contributed by atoms with Crippen LogP contribution in [0, 0.1) is 11.2 Å². The quantitative estimate of drug-likeness (QED) is 0.846. The predicted octanol–water partition coefficient (Wildman–Crippen LogP) is 3.37. The van der Waals surface area contributed by atoms with Crippen LogP contribution in [0.3, 0.4) is 0 Å². The Balaban J connectivity index is 2.64. The summed E-state index contributed by atoms with van der Waals surface area (Å²) in [5.74, 6) is -1.65. The van der Waals surface area contributed by atoms with Crippen LogP contribution in [0.5, 0.6) is 0 Å². The van der Waals surface area contributed by atoms with Crippen molar-refractivity contribution in [3.8, 4) is 0 Å². The number of anilines is 1. The molecule has 17 heavy (non-hydrogen) atoms. The minimum atomic E-state index is -1.12. The van der Waals surface area contributed by atoms with E-state index in [0.29, 0.717) is 12.2 Å². The highest BCUT2D eigenvalue weighted by Crippen LogP contribution is 2.20. The van der Waals surface area contributed by atoms with Gasteiger partial charge in [-0.15, -0.1) is 0 Å². The van der Waals surface area contributed by atoms with Crippen LogP contribution >= 0.6 is 0 Å². The fourth-order valence-electron chi connectivity index (χ4n) is 1.36. The van der Waals surface area contributed by atoms with Crippen molar-refractivity contribution in [3.05, 3.63) is 29.6 Å². The zero-order chi connectivity index (χ0) is 13.1. The van der Waals surface area contributed by atoms with E-state index in [9.17, 15) is 9.18 Å². The third kappa shape index (κ3) is 4.43. The van der Waals surface area contributed by atoms with Gasteiger partial charge in [0.25, 0.3) is 0 Å². The molecule has 2 N–H and O–H groups in total. The number of rotatable bonds is 4. The van der Waals surface area contributed by atoms with Gasteiger partial charge in [-0.05, 0) is 30.0 Å². The third-order valence-electron chi connectivity index (χ3n) is 2.41. The summed E-state index contributed by atoms with van der Waals surface area (Å²) >= 11 is 0. The van der Waals surface area contributed by atoms with Crippen molar-refractivity contribution in [2.24, 2.45) is 5.41 Å². The first-order valence-electron chi connectivity index (χ1n) is 5.56. The maximum absolute atomic E-state index is 13.5. The van der Waals surface area contributed by atoms with Crippen molar-refractivity contribution in [2.45, 2.75) is 27.2 Å². The summed E-state index contributed by atoms with van der Waals surface area (Å²) in [5, 5.41) is 11.7. The normalized spacial score (nSPS) is 11.3. The molecule has 0 atom stereocenters. The van der Waals surface area contributed by atoms with Gasteiger partial charge in [-0.25, -0.2) is 9.18 Å². The molecule has 0 unspecified atom stereocenters. The number of halogens is 1. The van der Waals surface area contributed by atoms with Crippen LogP contribution in [-0.4, -0.2) is 17.6 Å². The standard InChI is InChI=1S/C13H18FNO2/c1-13(2,3)6-7-15-11-5-4-9(12(16)17)8-10(11)14/h4-5,8,15H,6-7H2,1-3H3,(H,16,17). The fourth-order valence-corrected chi connectivity index (χ4v) is 1.36. The molecule has 4 heteroatoms. The maximum atomic E-state index is 13.5. The Kier molecular flexibility index (Phi) is 4.10. The van der Waals surface area contributed by atoms with E-state index in [1.54, 1.807) is 0 Å². The summed E-state index contributed by atoms with van der Waals surface area (Å²) in [6.07, 6.45) is 0.910. The van der Waals surface area contributed by atoms with Crippen LogP contribution in [0.25, 0.3) is 0 Å². The van der Waals surface area contributed by atoms with E-state index >= 15 is 0 Å². The molecule has 0 bridgehead atoms. The van der Waals surface area contributed by atoms with E-state index in [1.165, 1.54) is 12.1 Å². The molecule has 0 amide bonds. The number of nitrogens with one attached hydrogen (secondary N) is 1. The molecule has 0 aromatic heterocycles. The zero-order valence-corrected chi connectivity index (χ0v) is 10.4. The molecule has 0 aliphatic carbocycles. The number of carboxylic acid groups (broad SMARTS) is 1. The first-order chi connectivity index (χ1) is 7.79. The molecule has 0 heterocycles. The van der Waals surface area contributed by atoms with Gasteiger partial charge in [0.1, 0.15) is 5.82 Å². The Hall–Kier alpha value is -1.58. The molecule has 0 spiro atoms. The van der Waals surface area contributed by atoms with E-state index in [-0.39, 0.29) is 11.0 Å². The second-order valence-electron chi connectivity index (χ2n) is 5.24. The van der Waals surface area contributed by atoms with Gasteiger partial charge >= 0.3 is 5.97 Å². The largest absolute Gasteiger partial charge is 0.478 e. The molecule has 0 saturated heterocycles. The molecule has 1 aromatic carbocycles. The molecule has 0 aliphatic rings. The minimum absolute atomic E-state index is 0.0381. The monoisotopic (exact) mass is 239 g/mol. The summed E-state index contributed by atoms with van der Waals surface area (Å²) < 4.78 is 13.5. The zero-order valence-electron chi connectivity index (χ0n) is 10.4. The molecule has 0 radical (unpaired) electrons. The second-order valence-corrected chi connectivity index (χ2v) is 5.24. The van der Waals surface area contributed by atoms with Crippen molar-refractivity contribution in [1.29, 1.82) is 0 Å². The average molecular weight is 239 g/mol. The first-order valence-corrected chi connectivity index (χ1v) is 5.56. The fraction of sp³-hybridized carbons (Fsp3) is 0.462. The van der Waals surface area contributed by atoms with Gasteiger partial charge in [-0.2, -0.15) is 0 Å². The molecular formula is C13H18FNO2. The third-order valence-corrected chi connectivity index (χ3v) is 2.41. The smallest absolute Gasteiger partial charge is 0.335 e. The van der Waals surface area contributed by atoms with Crippen molar-refractivity contribution in [3.63, 3.8) is 0 Å². The van der Waals surface area contributed by atoms with Gasteiger partial charge in [0.2, 0.25) is 0 Å².